The molecule has 0 fully saturated rings. The van der Waals surface area contributed by atoms with Gasteiger partial charge in [0.25, 0.3) is 11.8 Å². The monoisotopic (exact) mass is 515 g/mol. The molecule has 2 aromatic heterocycles. The molecule has 0 radical (unpaired) electrons. The van der Waals surface area contributed by atoms with E-state index in [-0.39, 0.29) is 38.1 Å². The molecule has 150 valence electrons. The molecule has 29 heavy (non-hydrogen) atoms. The zero-order valence-electron chi connectivity index (χ0n) is 14.8. The van der Waals surface area contributed by atoms with Crippen LogP contribution in [0, 0.1) is 0 Å². The van der Waals surface area contributed by atoms with Crippen LogP contribution in [-0.2, 0) is 0 Å². The second kappa shape index (κ2) is 9.13. The number of rotatable bonds is 5. The Morgan fingerprint density at radius 2 is 1.93 bits per heavy atom. The molecule has 1 aromatic carbocycles. The minimum atomic E-state index is -0.483. The van der Waals surface area contributed by atoms with E-state index in [0.717, 1.165) is 0 Å². The average Bonchev–Trinajstić information content (AvgIpc) is 3.26. The van der Waals surface area contributed by atoms with Gasteiger partial charge in [-0.2, -0.15) is 5.10 Å². The molecule has 0 aliphatic carbocycles. The smallest absolute Gasteiger partial charge is 0.274 e. The van der Waals surface area contributed by atoms with Crippen LogP contribution >= 0.6 is 50.7 Å². The van der Waals surface area contributed by atoms with Crippen LogP contribution in [0.5, 0.6) is 0 Å². The summed E-state index contributed by atoms with van der Waals surface area (Å²) in [5.74, 6) is -0.715. The molecule has 2 amide bonds. The van der Waals surface area contributed by atoms with Crippen LogP contribution in [0.25, 0.3) is 11.1 Å². The van der Waals surface area contributed by atoms with Crippen molar-refractivity contribution < 1.29 is 9.59 Å². The van der Waals surface area contributed by atoms with Crippen LogP contribution in [-0.4, -0.2) is 44.9 Å². The van der Waals surface area contributed by atoms with E-state index in [4.69, 9.17) is 34.8 Å². The minimum Gasteiger partial charge on any atom is -0.328 e. The largest absolute Gasteiger partial charge is 0.328 e. The normalized spacial score (nSPS) is 10.7. The maximum absolute atomic E-state index is 12.7. The molecule has 0 aliphatic rings. The number of benzene rings is 1. The van der Waals surface area contributed by atoms with Crippen LogP contribution in [0.15, 0.2) is 41.1 Å². The summed E-state index contributed by atoms with van der Waals surface area (Å²) in [6, 6.07) is 8.33. The fraction of sp³-hybridized carbons (Fsp3) is 0.111. The summed E-state index contributed by atoms with van der Waals surface area (Å²) in [4.78, 5) is 30.7. The van der Waals surface area contributed by atoms with Gasteiger partial charge in [0, 0.05) is 24.4 Å². The van der Waals surface area contributed by atoms with Crippen molar-refractivity contribution in [2.45, 2.75) is 0 Å². The number of carbonyl (C=O) groups excluding carboxylic acids is 2. The summed E-state index contributed by atoms with van der Waals surface area (Å²) < 4.78 is 0.256. The van der Waals surface area contributed by atoms with Crippen molar-refractivity contribution in [3.63, 3.8) is 0 Å². The number of aromatic nitrogens is 3. The highest BCUT2D eigenvalue weighted by molar-refractivity contribution is 9.10. The number of aromatic amines is 1. The van der Waals surface area contributed by atoms with Crippen LogP contribution < -0.4 is 5.32 Å². The summed E-state index contributed by atoms with van der Waals surface area (Å²) in [6.45, 7) is 0. The summed E-state index contributed by atoms with van der Waals surface area (Å²) in [6.07, 6.45) is 1.45. The lowest BCUT2D eigenvalue weighted by Gasteiger charge is -2.19. The highest BCUT2D eigenvalue weighted by atomic mass is 79.9. The van der Waals surface area contributed by atoms with E-state index >= 15 is 0 Å². The third-order valence-electron chi connectivity index (χ3n) is 3.97. The number of hydrogen-bond donors (Lipinski definition) is 2. The Morgan fingerprint density at radius 1 is 1.21 bits per heavy atom. The molecular weight excluding hydrogens is 504 g/mol. The average molecular weight is 518 g/mol. The van der Waals surface area contributed by atoms with Crippen molar-refractivity contribution in [2.75, 3.05) is 18.4 Å². The summed E-state index contributed by atoms with van der Waals surface area (Å²) >= 11 is 22.1. The predicted octanol–water partition coefficient (Wildman–Crippen LogP) is 5.06. The molecule has 3 rings (SSSR count). The van der Waals surface area contributed by atoms with Crippen LogP contribution in [0.4, 0.5) is 5.82 Å². The lowest BCUT2D eigenvalue weighted by Crippen LogP contribution is -2.25. The van der Waals surface area contributed by atoms with E-state index in [2.05, 4.69) is 36.4 Å². The molecule has 0 aliphatic heterocycles. The molecule has 0 spiro atoms. The zero-order chi connectivity index (χ0) is 21.1. The standard InChI is InChI=1S/C18H13BrCl3N5O2/c1-27(8-20)18(29)10-5-3-2-4-9(10)12-13(21)15(19)24-16(14(12)22)25-17(28)11-6-7-23-26-11/h2-7H,8H2,1H3,(H,23,26)(H,24,25,28). The number of halogens is 4. The van der Waals surface area contributed by atoms with Gasteiger partial charge in [0.1, 0.15) is 10.3 Å². The first-order chi connectivity index (χ1) is 13.8. The van der Waals surface area contributed by atoms with Crippen molar-refractivity contribution in [3.05, 3.63) is 62.4 Å². The fourth-order valence-electron chi connectivity index (χ4n) is 2.54. The van der Waals surface area contributed by atoms with Crippen LogP contribution in [0.2, 0.25) is 10.0 Å². The fourth-order valence-corrected chi connectivity index (χ4v) is 3.60. The second-order valence-corrected chi connectivity index (χ2v) is 7.59. The Labute approximate surface area is 189 Å². The SMILES string of the molecule is CN(CCl)C(=O)c1ccccc1-c1c(Cl)c(Br)nc(NC(=O)c2ccn[nH]2)c1Cl. The third-order valence-corrected chi connectivity index (χ3v) is 5.86. The van der Waals surface area contributed by atoms with Gasteiger partial charge in [-0.25, -0.2) is 4.98 Å². The maximum atomic E-state index is 12.7. The van der Waals surface area contributed by atoms with Gasteiger partial charge in [-0.1, -0.05) is 41.4 Å². The van der Waals surface area contributed by atoms with Gasteiger partial charge in [-0.05, 0) is 33.6 Å². The molecule has 3 aromatic rings. The third kappa shape index (κ3) is 4.40. The van der Waals surface area contributed by atoms with Gasteiger partial charge >= 0.3 is 0 Å². The van der Waals surface area contributed by atoms with Crippen molar-refractivity contribution in [2.24, 2.45) is 0 Å². The van der Waals surface area contributed by atoms with Crippen LogP contribution in [0.1, 0.15) is 20.8 Å². The molecule has 0 saturated carbocycles. The van der Waals surface area contributed by atoms with E-state index in [1.807, 2.05) is 0 Å². The van der Waals surface area contributed by atoms with E-state index < -0.39 is 5.91 Å². The van der Waals surface area contributed by atoms with Crippen molar-refractivity contribution in [1.29, 1.82) is 0 Å². The predicted molar refractivity (Wildman–Crippen MR) is 117 cm³/mol. The molecule has 7 nitrogen and oxygen atoms in total. The number of hydrogen-bond acceptors (Lipinski definition) is 4. The lowest BCUT2D eigenvalue weighted by atomic mass is 9.99. The number of anilines is 1. The number of amides is 2. The topological polar surface area (TPSA) is 91.0 Å². The van der Waals surface area contributed by atoms with Crippen molar-refractivity contribution >= 4 is 68.4 Å². The number of carbonyl (C=O) groups is 2. The van der Waals surface area contributed by atoms with E-state index in [9.17, 15) is 9.59 Å². The molecule has 0 saturated heterocycles. The Kier molecular flexibility index (Phi) is 6.79. The number of H-pyrrole nitrogens is 1. The number of pyridine rings is 1. The molecule has 0 atom stereocenters. The summed E-state index contributed by atoms with van der Waals surface area (Å²) in [7, 11) is 1.58. The Hall–Kier alpha value is -2.13. The molecule has 2 heterocycles. The number of nitrogens with one attached hydrogen (secondary N) is 2. The molecule has 0 unspecified atom stereocenters. The van der Waals surface area contributed by atoms with Gasteiger partial charge in [0.2, 0.25) is 0 Å². The quantitative estimate of drug-likeness (QED) is 0.281. The molecular formula is C18H13BrCl3N5O2. The first-order valence-electron chi connectivity index (χ1n) is 8.11. The number of alkyl halides is 1. The van der Waals surface area contributed by atoms with Gasteiger partial charge in [-0.3, -0.25) is 14.7 Å². The van der Waals surface area contributed by atoms with Gasteiger partial charge in [0.15, 0.2) is 5.82 Å². The Morgan fingerprint density at radius 3 is 2.59 bits per heavy atom. The zero-order valence-corrected chi connectivity index (χ0v) is 18.7. The molecule has 2 N–H and O–H groups in total. The maximum Gasteiger partial charge on any atom is 0.274 e. The van der Waals surface area contributed by atoms with E-state index in [1.54, 1.807) is 31.3 Å². The lowest BCUT2D eigenvalue weighted by molar-refractivity contribution is 0.0819. The second-order valence-electron chi connectivity index (χ2n) is 5.85. The first-order valence-corrected chi connectivity index (χ1v) is 10.2. The van der Waals surface area contributed by atoms with E-state index in [1.165, 1.54) is 17.2 Å². The van der Waals surface area contributed by atoms with E-state index in [0.29, 0.717) is 16.7 Å². The Balaban J connectivity index is 2.13. The van der Waals surface area contributed by atoms with Gasteiger partial charge in [-0.15, -0.1) is 11.6 Å². The molecule has 11 heteroatoms. The summed E-state index contributed by atoms with van der Waals surface area (Å²) in [5, 5.41) is 9.19. The summed E-state index contributed by atoms with van der Waals surface area (Å²) in [5.41, 5.74) is 1.41. The minimum absolute atomic E-state index is 0.0140. The van der Waals surface area contributed by atoms with Gasteiger partial charge in [0.05, 0.1) is 16.0 Å². The Bertz CT molecular complexity index is 1080. The highest BCUT2D eigenvalue weighted by Crippen LogP contribution is 2.43. The molecule has 0 bridgehead atoms. The number of nitrogens with zero attached hydrogens (tertiary/aromatic N) is 3. The van der Waals surface area contributed by atoms with Crippen LogP contribution in [0.3, 0.4) is 0 Å². The highest BCUT2D eigenvalue weighted by Gasteiger charge is 2.24. The van der Waals surface area contributed by atoms with Gasteiger partial charge < -0.3 is 10.2 Å². The van der Waals surface area contributed by atoms with Crippen molar-refractivity contribution in [3.8, 4) is 11.1 Å². The first kappa shape index (κ1) is 21.6. The van der Waals surface area contributed by atoms with Crippen molar-refractivity contribution in [1.82, 2.24) is 20.1 Å².